The molecule has 0 bridgehead atoms. The Bertz CT molecular complexity index is 621. The molecule has 96 valence electrons. The maximum absolute atomic E-state index is 12.0. The van der Waals surface area contributed by atoms with E-state index in [1.807, 2.05) is 0 Å². The Labute approximate surface area is 119 Å². The molecule has 2 rings (SSSR count). The zero-order chi connectivity index (χ0) is 13.8. The van der Waals surface area contributed by atoms with E-state index in [0.717, 1.165) is 0 Å². The second-order valence-corrected chi connectivity index (χ2v) is 4.97. The smallest absolute Gasteiger partial charge is 0.174 e. The van der Waals surface area contributed by atoms with Crippen LogP contribution in [0.15, 0.2) is 53.0 Å². The first-order chi connectivity index (χ1) is 9.08. The minimum atomic E-state index is -0.390. The third kappa shape index (κ3) is 3.29. The van der Waals surface area contributed by atoms with Crippen molar-refractivity contribution in [2.75, 3.05) is 0 Å². The maximum Gasteiger partial charge on any atom is 0.174 e. The van der Waals surface area contributed by atoms with Crippen LogP contribution in [0.3, 0.4) is 0 Å². The molecule has 0 spiro atoms. The van der Waals surface area contributed by atoms with Crippen molar-refractivity contribution in [3.05, 3.63) is 64.1 Å². The van der Waals surface area contributed by atoms with Gasteiger partial charge in [-0.25, -0.2) is 0 Å². The summed E-state index contributed by atoms with van der Waals surface area (Å²) in [5.41, 5.74) is 0.653. The zero-order valence-corrected chi connectivity index (χ0v) is 11.6. The topological polar surface area (TPSA) is 54.4 Å². The average Bonchev–Trinajstić information content (AvgIpc) is 2.39. The molecule has 0 aliphatic heterocycles. The average molecular weight is 319 g/mol. The predicted molar refractivity (Wildman–Crippen MR) is 75.5 cm³/mol. The number of carbonyl (C=O) groups excluding carboxylic acids is 2. The van der Waals surface area contributed by atoms with Gasteiger partial charge in [0.1, 0.15) is 5.75 Å². The van der Waals surface area contributed by atoms with Gasteiger partial charge in [0.05, 0.1) is 12.0 Å². The Morgan fingerprint density at radius 1 is 1.00 bits per heavy atom. The van der Waals surface area contributed by atoms with Crippen LogP contribution in [0.1, 0.15) is 27.1 Å². The molecule has 0 atom stereocenters. The Morgan fingerprint density at radius 3 is 2.32 bits per heavy atom. The van der Waals surface area contributed by atoms with Crippen LogP contribution in [-0.2, 0) is 0 Å². The normalized spacial score (nSPS) is 10.2. The van der Waals surface area contributed by atoms with E-state index in [0.29, 0.717) is 10.0 Å². The molecule has 0 aromatic heterocycles. The van der Waals surface area contributed by atoms with Gasteiger partial charge in [0.25, 0.3) is 0 Å². The number of benzene rings is 2. The highest BCUT2D eigenvalue weighted by atomic mass is 79.9. The number of rotatable bonds is 4. The summed E-state index contributed by atoms with van der Waals surface area (Å²) < 4.78 is 0.677. The maximum atomic E-state index is 12.0. The van der Waals surface area contributed by atoms with Crippen molar-refractivity contribution in [2.45, 2.75) is 6.42 Å². The van der Waals surface area contributed by atoms with Gasteiger partial charge in [-0.3, -0.25) is 9.59 Å². The Kier molecular flexibility index (Phi) is 4.12. The van der Waals surface area contributed by atoms with E-state index >= 15 is 0 Å². The lowest BCUT2D eigenvalue weighted by Gasteiger charge is -2.04. The van der Waals surface area contributed by atoms with E-state index in [-0.39, 0.29) is 29.3 Å². The molecule has 3 nitrogen and oxygen atoms in total. The van der Waals surface area contributed by atoms with Gasteiger partial charge in [-0.15, -0.1) is 0 Å². The van der Waals surface area contributed by atoms with Crippen LogP contribution in [0.2, 0.25) is 0 Å². The van der Waals surface area contributed by atoms with Crippen LogP contribution in [-0.4, -0.2) is 16.7 Å². The van der Waals surface area contributed by atoms with Gasteiger partial charge in [-0.05, 0) is 18.2 Å². The van der Waals surface area contributed by atoms with Crippen LogP contribution in [0, 0.1) is 0 Å². The summed E-state index contributed by atoms with van der Waals surface area (Å²) >= 11 is 3.19. The number of aromatic hydroxyl groups is 1. The first kappa shape index (κ1) is 13.5. The van der Waals surface area contributed by atoms with Gasteiger partial charge in [0.15, 0.2) is 11.6 Å². The molecule has 0 heterocycles. The lowest BCUT2D eigenvalue weighted by molar-refractivity contribution is 0.0893. The molecule has 0 radical (unpaired) electrons. The summed E-state index contributed by atoms with van der Waals surface area (Å²) in [6, 6.07) is 13.2. The highest BCUT2D eigenvalue weighted by Crippen LogP contribution is 2.23. The molecule has 0 fully saturated rings. The Balaban J connectivity index is 2.15. The van der Waals surface area contributed by atoms with Gasteiger partial charge in [0, 0.05) is 10.0 Å². The van der Waals surface area contributed by atoms with Crippen LogP contribution >= 0.6 is 15.9 Å². The number of ketones is 2. The SMILES string of the molecule is O=C(CC(=O)c1ccc(Br)cc1O)c1ccccc1. The summed E-state index contributed by atoms with van der Waals surface area (Å²) in [6.45, 7) is 0. The van der Waals surface area contributed by atoms with E-state index in [9.17, 15) is 14.7 Å². The van der Waals surface area contributed by atoms with E-state index in [1.54, 1.807) is 36.4 Å². The molecule has 1 N–H and O–H groups in total. The molecule has 19 heavy (non-hydrogen) atoms. The lowest BCUT2D eigenvalue weighted by Crippen LogP contribution is -2.08. The summed E-state index contributed by atoms with van der Waals surface area (Å²) in [5.74, 6) is -0.771. The van der Waals surface area contributed by atoms with Crippen LogP contribution in [0.5, 0.6) is 5.75 Å². The number of Topliss-reactive ketones (excluding diaryl/α,β-unsaturated/α-hetero) is 2. The van der Waals surface area contributed by atoms with Crippen molar-refractivity contribution in [1.29, 1.82) is 0 Å². The van der Waals surface area contributed by atoms with Gasteiger partial charge in [0.2, 0.25) is 0 Å². The number of phenols is 1. The molecule has 0 saturated heterocycles. The third-order valence-electron chi connectivity index (χ3n) is 2.68. The Morgan fingerprint density at radius 2 is 1.68 bits per heavy atom. The minimum Gasteiger partial charge on any atom is -0.507 e. The molecule has 0 aliphatic carbocycles. The van der Waals surface area contributed by atoms with Crippen molar-refractivity contribution < 1.29 is 14.7 Å². The fourth-order valence-electron chi connectivity index (χ4n) is 1.71. The van der Waals surface area contributed by atoms with Gasteiger partial charge in [-0.2, -0.15) is 0 Å². The monoisotopic (exact) mass is 318 g/mol. The minimum absolute atomic E-state index is 0.125. The number of hydrogen-bond donors (Lipinski definition) is 1. The molecular weight excluding hydrogens is 308 g/mol. The van der Waals surface area contributed by atoms with Crippen LogP contribution < -0.4 is 0 Å². The van der Waals surface area contributed by atoms with E-state index in [4.69, 9.17) is 0 Å². The molecule has 0 unspecified atom stereocenters. The lowest BCUT2D eigenvalue weighted by atomic mass is 10.0. The standard InChI is InChI=1S/C15H11BrO3/c16-11-6-7-12(14(18)8-11)15(19)9-13(17)10-4-2-1-3-5-10/h1-8,18H,9H2. The molecule has 2 aromatic carbocycles. The van der Waals surface area contributed by atoms with Gasteiger partial charge in [-0.1, -0.05) is 46.3 Å². The van der Waals surface area contributed by atoms with Crippen molar-refractivity contribution in [1.82, 2.24) is 0 Å². The van der Waals surface area contributed by atoms with E-state index < -0.39 is 0 Å². The number of phenolic OH excluding ortho intramolecular Hbond substituents is 1. The number of carbonyl (C=O) groups is 2. The summed E-state index contributed by atoms with van der Waals surface area (Å²) in [7, 11) is 0. The second kappa shape index (κ2) is 5.80. The van der Waals surface area contributed by atoms with Crippen molar-refractivity contribution in [3.8, 4) is 5.75 Å². The molecule has 4 heteroatoms. The fraction of sp³-hybridized carbons (Fsp3) is 0.0667. The molecular formula is C15H11BrO3. The number of halogens is 1. The highest BCUT2D eigenvalue weighted by Gasteiger charge is 2.16. The quantitative estimate of drug-likeness (QED) is 0.692. The van der Waals surface area contributed by atoms with Gasteiger partial charge < -0.3 is 5.11 Å². The molecule has 0 saturated carbocycles. The van der Waals surface area contributed by atoms with Crippen LogP contribution in [0.25, 0.3) is 0 Å². The highest BCUT2D eigenvalue weighted by molar-refractivity contribution is 9.10. The summed E-state index contributed by atoms with van der Waals surface area (Å²) in [6.07, 6.45) is -0.251. The number of hydrogen-bond acceptors (Lipinski definition) is 3. The summed E-state index contributed by atoms with van der Waals surface area (Å²) in [4.78, 5) is 23.9. The van der Waals surface area contributed by atoms with Crippen molar-refractivity contribution >= 4 is 27.5 Å². The third-order valence-corrected chi connectivity index (χ3v) is 3.17. The van der Waals surface area contributed by atoms with E-state index in [1.165, 1.54) is 12.1 Å². The molecule has 2 aromatic rings. The van der Waals surface area contributed by atoms with Crippen molar-refractivity contribution in [3.63, 3.8) is 0 Å². The van der Waals surface area contributed by atoms with E-state index in [2.05, 4.69) is 15.9 Å². The molecule has 0 amide bonds. The molecule has 0 aliphatic rings. The van der Waals surface area contributed by atoms with Gasteiger partial charge >= 0.3 is 0 Å². The Hall–Kier alpha value is -1.94. The fourth-order valence-corrected chi connectivity index (χ4v) is 2.06. The largest absolute Gasteiger partial charge is 0.507 e. The first-order valence-electron chi connectivity index (χ1n) is 5.68. The van der Waals surface area contributed by atoms with Crippen molar-refractivity contribution in [2.24, 2.45) is 0 Å². The van der Waals surface area contributed by atoms with Crippen LogP contribution in [0.4, 0.5) is 0 Å². The second-order valence-electron chi connectivity index (χ2n) is 4.05. The summed E-state index contributed by atoms with van der Waals surface area (Å²) in [5, 5.41) is 9.68. The predicted octanol–water partition coefficient (Wildman–Crippen LogP) is 3.61. The first-order valence-corrected chi connectivity index (χ1v) is 6.47. The zero-order valence-electron chi connectivity index (χ0n) is 9.97.